The minimum Gasteiger partial charge on any atom is -0.336 e. The van der Waals surface area contributed by atoms with E-state index >= 15 is 0 Å². The molecule has 1 amide bonds. The first-order chi connectivity index (χ1) is 11.9. The first-order valence-electron chi connectivity index (χ1n) is 7.69. The molecule has 1 aliphatic heterocycles. The number of benzene rings is 2. The topological polar surface area (TPSA) is 57.7 Å². The van der Waals surface area contributed by atoms with Crippen LogP contribution >= 0.6 is 23.2 Å². The van der Waals surface area contributed by atoms with E-state index in [0.717, 1.165) is 0 Å². The number of piperazine rings is 1. The van der Waals surface area contributed by atoms with Crippen LogP contribution in [0.3, 0.4) is 0 Å². The van der Waals surface area contributed by atoms with Gasteiger partial charge in [-0.2, -0.15) is 4.31 Å². The van der Waals surface area contributed by atoms with E-state index in [0.29, 0.717) is 28.7 Å². The Morgan fingerprint density at radius 1 is 0.920 bits per heavy atom. The highest BCUT2D eigenvalue weighted by Gasteiger charge is 2.30. The highest BCUT2D eigenvalue weighted by atomic mass is 35.5. The first kappa shape index (κ1) is 18.2. The van der Waals surface area contributed by atoms with Gasteiger partial charge >= 0.3 is 0 Å². The van der Waals surface area contributed by atoms with Gasteiger partial charge in [-0.25, -0.2) is 8.42 Å². The van der Waals surface area contributed by atoms with E-state index in [2.05, 4.69) is 0 Å². The van der Waals surface area contributed by atoms with Gasteiger partial charge in [-0.05, 0) is 30.3 Å². The smallest absolute Gasteiger partial charge is 0.255 e. The van der Waals surface area contributed by atoms with E-state index in [9.17, 15) is 13.2 Å². The molecule has 0 aliphatic carbocycles. The number of nitrogens with zero attached hydrogens (tertiary/aromatic N) is 2. The van der Waals surface area contributed by atoms with Crippen molar-refractivity contribution in [1.29, 1.82) is 0 Å². The summed E-state index contributed by atoms with van der Waals surface area (Å²) in [5, 5.41) is 0.756. The van der Waals surface area contributed by atoms with Crippen LogP contribution in [0.15, 0.2) is 53.4 Å². The fourth-order valence-electron chi connectivity index (χ4n) is 2.70. The van der Waals surface area contributed by atoms with Crippen LogP contribution < -0.4 is 0 Å². The fraction of sp³-hybridized carbons (Fsp3) is 0.235. The zero-order valence-corrected chi connectivity index (χ0v) is 15.6. The quantitative estimate of drug-likeness (QED) is 0.797. The summed E-state index contributed by atoms with van der Waals surface area (Å²) in [7, 11) is -3.54. The Labute approximate surface area is 156 Å². The molecule has 0 N–H and O–H groups in total. The molecule has 2 aromatic carbocycles. The van der Waals surface area contributed by atoms with Gasteiger partial charge in [-0.1, -0.05) is 41.4 Å². The molecule has 8 heteroatoms. The highest BCUT2D eigenvalue weighted by Crippen LogP contribution is 2.23. The molecule has 1 aliphatic rings. The third-order valence-corrected chi connectivity index (χ3v) is 6.54. The van der Waals surface area contributed by atoms with E-state index in [1.54, 1.807) is 47.4 Å². The van der Waals surface area contributed by atoms with Gasteiger partial charge in [0, 0.05) is 31.2 Å². The van der Waals surface area contributed by atoms with Gasteiger partial charge in [0.05, 0.1) is 15.5 Å². The first-order valence-corrected chi connectivity index (χ1v) is 9.89. The van der Waals surface area contributed by atoms with Gasteiger partial charge in [0.15, 0.2) is 0 Å². The summed E-state index contributed by atoms with van der Waals surface area (Å²) in [4.78, 5) is 14.5. The Kier molecular flexibility index (Phi) is 5.34. The Morgan fingerprint density at radius 3 is 2.20 bits per heavy atom. The zero-order chi connectivity index (χ0) is 18.0. The van der Waals surface area contributed by atoms with Crippen molar-refractivity contribution in [2.75, 3.05) is 26.2 Å². The van der Waals surface area contributed by atoms with Gasteiger partial charge in [0.2, 0.25) is 10.0 Å². The average molecular weight is 399 g/mol. The number of carbonyl (C=O) groups excluding carboxylic acids is 1. The second-order valence-electron chi connectivity index (χ2n) is 5.63. The number of carbonyl (C=O) groups is 1. The van der Waals surface area contributed by atoms with E-state index in [1.165, 1.54) is 10.4 Å². The zero-order valence-electron chi connectivity index (χ0n) is 13.2. The third kappa shape index (κ3) is 3.82. The predicted octanol–water partition coefficient (Wildman–Crippen LogP) is 3.14. The molecule has 2 aromatic rings. The maximum Gasteiger partial charge on any atom is 0.255 e. The summed E-state index contributed by atoms with van der Waals surface area (Å²) in [6, 6.07) is 13.0. The Morgan fingerprint density at radius 2 is 1.56 bits per heavy atom. The summed E-state index contributed by atoms with van der Waals surface area (Å²) < 4.78 is 26.6. The van der Waals surface area contributed by atoms with Gasteiger partial charge in [-0.15, -0.1) is 0 Å². The van der Waals surface area contributed by atoms with Crippen LogP contribution in [0.5, 0.6) is 0 Å². The predicted molar refractivity (Wildman–Crippen MR) is 97.6 cm³/mol. The molecule has 5 nitrogen and oxygen atoms in total. The van der Waals surface area contributed by atoms with Crippen LogP contribution in [0.4, 0.5) is 0 Å². The maximum absolute atomic E-state index is 12.6. The molecular formula is C17H16Cl2N2O3S. The van der Waals surface area contributed by atoms with Crippen LogP contribution in [0.25, 0.3) is 0 Å². The third-order valence-electron chi connectivity index (χ3n) is 4.07. The lowest BCUT2D eigenvalue weighted by molar-refractivity contribution is 0.0698. The molecule has 0 aromatic heterocycles. The number of hydrogen-bond acceptors (Lipinski definition) is 3. The van der Waals surface area contributed by atoms with E-state index in [-0.39, 0.29) is 23.9 Å². The molecule has 0 spiro atoms. The average Bonchev–Trinajstić information content (AvgIpc) is 2.64. The SMILES string of the molecule is O=C(c1cc(Cl)ccc1Cl)N1CCN(S(=O)(=O)c2ccccc2)CC1. The summed E-state index contributed by atoms with van der Waals surface area (Å²) in [5.41, 5.74) is 0.327. The minimum atomic E-state index is -3.54. The number of amides is 1. The van der Waals surface area contributed by atoms with Crippen molar-refractivity contribution in [3.8, 4) is 0 Å². The largest absolute Gasteiger partial charge is 0.336 e. The van der Waals surface area contributed by atoms with Crippen molar-refractivity contribution in [2.45, 2.75) is 4.90 Å². The second-order valence-corrected chi connectivity index (χ2v) is 8.42. The Hall–Kier alpha value is -1.60. The van der Waals surface area contributed by atoms with Crippen LogP contribution in [0.1, 0.15) is 10.4 Å². The van der Waals surface area contributed by atoms with E-state index in [4.69, 9.17) is 23.2 Å². The van der Waals surface area contributed by atoms with Crippen molar-refractivity contribution in [3.05, 3.63) is 64.1 Å². The lowest BCUT2D eigenvalue weighted by Crippen LogP contribution is -2.50. The standard InChI is InChI=1S/C17H16Cl2N2O3S/c18-13-6-7-16(19)15(12-13)17(22)20-8-10-21(11-9-20)25(23,24)14-4-2-1-3-5-14/h1-7,12H,8-11H2. The second kappa shape index (κ2) is 7.33. The number of rotatable bonds is 3. The van der Waals surface area contributed by atoms with Crippen molar-refractivity contribution in [2.24, 2.45) is 0 Å². The minimum absolute atomic E-state index is 0.237. The molecule has 132 valence electrons. The van der Waals surface area contributed by atoms with Crippen LogP contribution in [0.2, 0.25) is 10.0 Å². The van der Waals surface area contributed by atoms with Gasteiger partial charge < -0.3 is 4.90 Å². The molecule has 0 unspecified atom stereocenters. The molecule has 1 heterocycles. The molecule has 1 saturated heterocycles. The molecule has 3 rings (SSSR count). The Balaban J connectivity index is 1.72. The summed E-state index contributed by atoms with van der Waals surface area (Å²) in [6.45, 7) is 1.07. The van der Waals surface area contributed by atoms with Crippen LogP contribution in [-0.4, -0.2) is 49.7 Å². The fourth-order valence-corrected chi connectivity index (χ4v) is 4.52. The lowest BCUT2D eigenvalue weighted by Gasteiger charge is -2.34. The number of halogens is 2. The van der Waals surface area contributed by atoms with E-state index in [1.807, 2.05) is 0 Å². The highest BCUT2D eigenvalue weighted by molar-refractivity contribution is 7.89. The lowest BCUT2D eigenvalue weighted by atomic mass is 10.2. The number of hydrogen-bond donors (Lipinski definition) is 0. The molecular weight excluding hydrogens is 383 g/mol. The van der Waals surface area contributed by atoms with Gasteiger partial charge in [0.1, 0.15) is 0 Å². The van der Waals surface area contributed by atoms with Crippen molar-refractivity contribution in [3.63, 3.8) is 0 Å². The summed E-state index contributed by atoms with van der Waals surface area (Å²) in [5.74, 6) is -0.246. The maximum atomic E-state index is 12.6. The van der Waals surface area contributed by atoms with Crippen molar-refractivity contribution in [1.82, 2.24) is 9.21 Å². The molecule has 0 atom stereocenters. The van der Waals surface area contributed by atoms with Crippen molar-refractivity contribution >= 4 is 39.1 Å². The van der Waals surface area contributed by atoms with Crippen LogP contribution in [-0.2, 0) is 10.0 Å². The Bertz CT molecular complexity index is 880. The summed E-state index contributed by atoms with van der Waals surface area (Å²) in [6.07, 6.45) is 0. The van der Waals surface area contributed by atoms with Crippen LogP contribution in [0, 0.1) is 0 Å². The molecule has 1 fully saturated rings. The van der Waals surface area contributed by atoms with E-state index < -0.39 is 10.0 Å². The molecule has 25 heavy (non-hydrogen) atoms. The van der Waals surface area contributed by atoms with Crippen molar-refractivity contribution < 1.29 is 13.2 Å². The van der Waals surface area contributed by atoms with Gasteiger partial charge in [-0.3, -0.25) is 4.79 Å². The number of sulfonamides is 1. The summed E-state index contributed by atoms with van der Waals surface area (Å²) >= 11 is 12.0. The monoisotopic (exact) mass is 398 g/mol. The van der Waals surface area contributed by atoms with Gasteiger partial charge in [0.25, 0.3) is 5.91 Å². The normalized spacial score (nSPS) is 16.0. The molecule has 0 bridgehead atoms. The molecule has 0 radical (unpaired) electrons. The molecule has 0 saturated carbocycles.